The minimum absolute atomic E-state index is 0.0499. The summed E-state index contributed by atoms with van der Waals surface area (Å²) in [6, 6.07) is -0.868. The summed E-state index contributed by atoms with van der Waals surface area (Å²) in [6.45, 7) is 4.67. The number of quaternary nitrogens is 1. The monoisotopic (exact) mass is 1070 g/mol. The second-order valence-electron chi connectivity index (χ2n) is 21.0. The van der Waals surface area contributed by atoms with Gasteiger partial charge in [0.25, 0.3) is 0 Å². The number of aliphatic hydroxyl groups excluding tert-OH is 1. The summed E-state index contributed by atoms with van der Waals surface area (Å²) in [4.78, 5) is 23.3. The molecular formula is C67H114N2O6P+. The summed E-state index contributed by atoms with van der Waals surface area (Å²) >= 11 is 0. The van der Waals surface area contributed by atoms with Crippen LogP contribution in [0.15, 0.2) is 146 Å². The van der Waals surface area contributed by atoms with Gasteiger partial charge in [-0.3, -0.25) is 13.8 Å². The molecule has 3 unspecified atom stereocenters. The maximum atomic E-state index is 13.0. The smallest absolute Gasteiger partial charge is 0.387 e. The number of phosphoric ester groups is 1. The van der Waals surface area contributed by atoms with Crippen molar-refractivity contribution in [3.8, 4) is 0 Å². The summed E-state index contributed by atoms with van der Waals surface area (Å²) < 4.78 is 23.7. The van der Waals surface area contributed by atoms with Crippen LogP contribution < -0.4 is 5.32 Å². The first-order chi connectivity index (χ1) is 37.0. The van der Waals surface area contributed by atoms with Crippen molar-refractivity contribution in [1.82, 2.24) is 5.32 Å². The average molecular weight is 1070 g/mol. The molecule has 0 radical (unpaired) electrons. The minimum atomic E-state index is -4.36. The van der Waals surface area contributed by atoms with E-state index in [2.05, 4.69) is 153 Å². The van der Waals surface area contributed by atoms with Gasteiger partial charge in [-0.25, -0.2) is 4.57 Å². The molecule has 0 spiro atoms. The number of phosphoric acid groups is 1. The van der Waals surface area contributed by atoms with E-state index in [1.165, 1.54) is 70.6 Å². The van der Waals surface area contributed by atoms with Gasteiger partial charge in [0.15, 0.2) is 0 Å². The molecule has 76 heavy (non-hydrogen) atoms. The number of rotatable bonds is 53. The van der Waals surface area contributed by atoms with Crippen LogP contribution in [-0.2, 0) is 18.4 Å². The summed E-state index contributed by atoms with van der Waals surface area (Å²) in [5.74, 6) is -0.202. The first kappa shape index (κ1) is 72.4. The number of hydrogen-bond acceptors (Lipinski definition) is 5. The number of hydrogen-bond donors (Lipinski definition) is 3. The molecule has 0 bridgehead atoms. The van der Waals surface area contributed by atoms with Crippen LogP contribution in [0, 0.1) is 0 Å². The van der Waals surface area contributed by atoms with Crippen LogP contribution in [0.25, 0.3) is 0 Å². The number of nitrogens with zero attached hydrogens (tertiary/aromatic N) is 1. The zero-order valence-corrected chi connectivity index (χ0v) is 50.1. The molecule has 0 heterocycles. The van der Waals surface area contributed by atoms with Crippen molar-refractivity contribution in [2.45, 2.75) is 231 Å². The molecule has 1 amide bonds. The quantitative estimate of drug-likeness (QED) is 0.0243. The van der Waals surface area contributed by atoms with Gasteiger partial charge in [-0.2, -0.15) is 0 Å². The Balaban J connectivity index is 4.21. The lowest BCUT2D eigenvalue weighted by Crippen LogP contribution is -2.45. The topological polar surface area (TPSA) is 105 Å². The number of aliphatic hydroxyl groups is 1. The van der Waals surface area contributed by atoms with E-state index in [1.54, 1.807) is 6.08 Å². The van der Waals surface area contributed by atoms with Gasteiger partial charge < -0.3 is 19.8 Å². The van der Waals surface area contributed by atoms with E-state index in [1.807, 2.05) is 27.2 Å². The molecule has 3 N–H and O–H groups in total. The number of carbonyl (C=O) groups is 1. The van der Waals surface area contributed by atoms with Gasteiger partial charge in [0.2, 0.25) is 5.91 Å². The van der Waals surface area contributed by atoms with Crippen LogP contribution in [0.3, 0.4) is 0 Å². The second kappa shape index (κ2) is 56.1. The third kappa shape index (κ3) is 58.1. The Morgan fingerprint density at radius 2 is 0.789 bits per heavy atom. The van der Waals surface area contributed by atoms with Crippen molar-refractivity contribution in [3.63, 3.8) is 0 Å². The molecular weight excluding hydrogens is 960 g/mol. The summed E-state index contributed by atoms with van der Waals surface area (Å²) in [6.07, 6.45) is 86.6. The number of likely N-dealkylation sites (N-methyl/N-ethyl adjacent to an activating group) is 1. The van der Waals surface area contributed by atoms with E-state index in [4.69, 9.17) is 9.05 Å². The Kier molecular flexibility index (Phi) is 53.4. The highest BCUT2D eigenvalue weighted by atomic mass is 31.2. The Morgan fingerprint density at radius 1 is 0.461 bits per heavy atom. The zero-order chi connectivity index (χ0) is 55.6. The van der Waals surface area contributed by atoms with Gasteiger partial charge in [-0.1, -0.05) is 256 Å². The van der Waals surface area contributed by atoms with Gasteiger partial charge >= 0.3 is 7.82 Å². The number of unbranched alkanes of at least 4 members (excludes halogenated alkanes) is 18. The molecule has 0 aliphatic rings. The van der Waals surface area contributed by atoms with Crippen LogP contribution in [0.4, 0.5) is 0 Å². The molecule has 0 saturated carbocycles. The summed E-state index contributed by atoms with van der Waals surface area (Å²) in [5, 5.41) is 13.9. The fraction of sp³-hybridized carbons (Fsp3) is 0.627. The van der Waals surface area contributed by atoms with Gasteiger partial charge in [-0.05, 0) is 103 Å². The highest BCUT2D eigenvalue weighted by Crippen LogP contribution is 2.43. The van der Waals surface area contributed by atoms with E-state index >= 15 is 0 Å². The fourth-order valence-electron chi connectivity index (χ4n) is 7.87. The van der Waals surface area contributed by atoms with Crippen LogP contribution in [-0.4, -0.2) is 73.4 Å². The summed E-state index contributed by atoms with van der Waals surface area (Å²) in [7, 11) is 1.54. The molecule has 432 valence electrons. The van der Waals surface area contributed by atoms with Crippen molar-refractivity contribution in [2.24, 2.45) is 0 Å². The van der Waals surface area contributed by atoms with Crippen molar-refractivity contribution in [2.75, 3.05) is 40.9 Å². The normalized spacial score (nSPS) is 14.9. The van der Waals surface area contributed by atoms with Crippen molar-refractivity contribution >= 4 is 13.7 Å². The third-order valence-corrected chi connectivity index (χ3v) is 13.5. The van der Waals surface area contributed by atoms with E-state index in [0.717, 1.165) is 128 Å². The zero-order valence-electron chi connectivity index (χ0n) is 49.2. The van der Waals surface area contributed by atoms with E-state index in [-0.39, 0.29) is 19.1 Å². The molecule has 0 rings (SSSR count). The van der Waals surface area contributed by atoms with Crippen molar-refractivity contribution in [1.29, 1.82) is 0 Å². The van der Waals surface area contributed by atoms with E-state index in [9.17, 15) is 19.4 Å². The number of carbonyl (C=O) groups excluding carboxylic acids is 1. The maximum Gasteiger partial charge on any atom is 0.472 e. The molecule has 8 nitrogen and oxygen atoms in total. The molecule has 0 aromatic rings. The molecule has 3 atom stereocenters. The molecule has 0 fully saturated rings. The van der Waals surface area contributed by atoms with Crippen LogP contribution in [0.1, 0.15) is 219 Å². The molecule has 0 aromatic carbocycles. The molecule has 9 heteroatoms. The lowest BCUT2D eigenvalue weighted by molar-refractivity contribution is -0.870. The van der Waals surface area contributed by atoms with Gasteiger partial charge in [-0.15, -0.1) is 0 Å². The van der Waals surface area contributed by atoms with Gasteiger partial charge in [0.05, 0.1) is 39.9 Å². The van der Waals surface area contributed by atoms with Crippen LogP contribution in [0.2, 0.25) is 0 Å². The first-order valence-electron chi connectivity index (χ1n) is 30.2. The minimum Gasteiger partial charge on any atom is -0.387 e. The van der Waals surface area contributed by atoms with Crippen LogP contribution in [0.5, 0.6) is 0 Å². The van der Waals surface area contributed by atoms with E-state index < -0.39 is 20.0 Å². The molecule has 0 aliphatic carbocycles. The predicted molar refractivity (Wildman–Crippen MR) is 331 cm³/mol. The molecule has 0 aromatic heterocycles. The average Bonchev–Trinajstić information content (AvgIpc) is 3.38. The third-order valence-electron chi connectivity index (χ3n) is 12.6. The Morgan fingerprint density at radius 3 is 1.16 bits per heavy atom. The number of allylic oxidation sites excluding steroid dienone is 23. The second-order valence-corrected chi connectivity index (χ2v) is 22.4. The van der Waals surface area contributed by atoms with Gasteiger partial charge in [0, 0.05) is 6.42 Å². The first-order valence-corrected chi connectivity index (χ1v) is 31.7. The number of amides is 1. The standard InChI is InChI=1S/C67H113N2O6P/c1-6-8-10-12-14-16-18-20-22-23-24-25-26-27-28-29-30-31-32-33-34-35-36-37-38-39-40-41-42-43-44-45-47-49-51-53-55-57-59-61-67(71)68-65(64-75-76(72,73)74-63-62-69(3,4)5)66(70)60-58-56-54-52-50-48-46-21-19-17-15-13-11-9-7-2/h8,10,14,16,20,22,24-25,27-28,30-31,33-34,36-37,39-40,42-43,45,47,58,60,65-66,70H,6-7,9,11-13,15,17-19,21,23,26,29,32,35,38,41,44,46,48-57,59,61-64H2,1-5H3,(H-,68,71,72,73)/p+1/b10-8-,16-14-,22-20-,25-24-,28-27-,31-30-,34-33-,37-36-,40-39-,43-42-,47-45-,60-58+. The van der Waals surface area contributed by atoms with E-state index in [0.29, 0.717) is 17.4 Å². The lowest BCUT2D eigenvalue weighted by Gasteiger charge is -2.25. The Labute approximate surface area is 468 Å². The Bertz CT molecular complexity index is 1740. The largest absolute Gasteiger partial charge is 0.472 e. The lowest BCUT2D eigenvalue weighted by atomic mass is 10.0. The highest BCUT2D eigenvalue weighted by molar-refractivity contribution is 7.47. The van der Waals surface area contributed by atoms with Crippen molar-refractivity contribution < 1.29 is 32.9 Å². The fourth-order valence-corrected chi connectivity index (χ4v) is 8.60. The molecule has 0 aliphatic heterocycles. The molecule has 0 saturated heterocycles. The SMILES string of the molecule is CC/C=C\C/C=C\C/C=C\C/C=C\C/C=C\C/C=C\C/C=C\C/C=C\C/C=C\C/C=C\C/C=C\CCCCCCCC(=O)NC(COP(=O)(O)OCC[N+](C)(C)C)C(O)/C=C/CCCCCCCCCCCCCCC. The van der Waals surface area contributed by atoms with Gasteiger partial charge in [0.1, 0.15) is 13.2 Å². The van der Waals surface area contributed by atoms with Crippen molar-refractivity contribution in [3.05, 3.63) is 146 Å². The number of nitrogens with one attached hydrogen (secondary N) is 1. The van der Waals surface area contributed by atoms with Crippen LogP contribution >= 0.6 is 7.82 Å². The maximum absolute atomic E-state index is 13.0. The highest BCUT2D eigenvalue weighted by Gasteiger charge is 2.27. The Hall–Kier alpha value is -3.62. The summed E-state index contributed by atoms with van der Waals surface area (Å²) in [5.41, 5.74) is 0. The predicted octanol–water partition coefficient (Wildman–Crippen LogP) is 18.9.